The molecule has 0 aromatic heterocycles. The van der Waals surface area contributed by atoms with Gasteiger partial charge in [-0.25, -0.2) is 4.79 Å². The minimum atomic E-state index is -2.34. The van der Waals surface area contributed by atoms with Crippen molar-refractivity contribution < 1.29 is 46.4 Å². The van der Waals surface area contributed by atoms with Crippen LogP contribution in [0.1, 0.15) is 11.7 Å². The molecule has 1 heterocycles. The van der Waals surface area contributed by atoms with Gasteiger partial charge in [0.25, 0.3) is 11.6 Å². The molecule has 1 aromatic carbocycles. The van der Waals surface area contributed by atoms with Crippen LogP contribution in [-0.2, 0) is 41.5 Å². The Labute approximate surface area is 304 Å². The van der Waals surface area contributed by atoms with Crippen molar-refractivity contribution in [2.75, 3.05) is 13.7 Å². The highest BCUT2D eigenvalue weighted by molar-refractivity contribution is 6.71. The molecule has 1 N–H and O–H groups in total. The average Bonchev–Trinajstić information content (AvgIpc) is 2.93. The van der Waals surface area contributed by atoms with Gasteiger partial charge in [0.15, 0.2) is 50.5 Å². The van der Waals surface area contributed by atoms with Crippen LogP contribution >= 0.6 is 23.2 Å². The summed E-state index contributed by atoms with van der Waals surface area (Å²) in [5.74, 6) is -1.35. The van der Waals surface area contributed by atoms with Gasteiger partial charge >= 0.3 is 5.97 Å². The Balaban J connectivity index is 2.69. The first-order chi connectivity index (χ1) is 22.2. The molecule has 7 atom stereocenters. The van der Waals surface area contributed by atoms with Gasteiger partial charge in [0, 0.05) is 12.1 Å². The van der Waals surface area contributed by atoms with Crippen molar-refractivity contribution in [2.45, 2.75) is 126 Å². The van der Waals surface area contributed by atoms with E-state index in [9.17, 15) is 19.7 Å². The van der Waals surface area contributed by atoms with Crippen LogP contribution in [0.3, 0.4) is 0 Å². The van der Waals surface area contributed by atoms with Gasteiger partial charge in [-0.3, -0.25) is 14.9 Å². The van der Waals surface area contributed by atoms with Gasteiger partial charge in [-0.2, -0.15) is 0 Å². The molecule has 1 aliphatic heterocycles. The number of halogens is 2. The third-order valence-corrected chi connectivity index (χ3v) is 10.9. The Morgan fingerprint density at radius 2 is 1.33 bits per heavy atom. The zero-order valence-electron chi connectivity index (χ0n) is 30.8. The van der Waals surface area contributed by atoms with Crippen molar-refractivity contribution in [1.29, 1.82) is 0 Å². The maximum absolute atomic E-state index is 13.3. The van der Waals surface area contributed by atoms with E-state index < -0.39 is 97.8 Å². The molecule has 0 bridgehead atoms. The Bertz CT molecular complexity index is 1270. The molecular weight excluding hydrogens is 748 g/mol. The largest absolute Gasteiger partial charge is 0.467 e. The van der Waals surface area contributed by atoms with E-state index >= 15 is 0 Å². The molecule has 280 valence electrons. The molecule has 1 aliphatic rings. The summed E-state index contributed by atoms with van der Waals surface area (Å²) in [7, 11) is -7.99. The summed E-state index contributed by atoms with van der Waals surface area (Å²) in [6.45, 7) is 23.9. The third-order valence-electron chi connectivity index (χ3n) is 6.64. The average molecular weight is 802 g/mol. The van der Waals surface area contributed by atoms with Gasteiger partial charge in [-0.05, 0) is 96.3 Å². The van der Waals surface area contributed by atoms with Crippen LogP contribution in [0.2, 0.25) is 78.6 Å². The summed E-state index contributed by atoms with van der Waals surface area (Å²) in [6, 6.07) is 4.95. The van der Waals surface area contributed by atoms with Crippen LogP contribution in [-0.4, -0.2) is 105 Å². The van der Waals surface area contributed by atoms with Crippen LogP contribution in [0.5, 0.6) is 0 Å². The highest BCUT2D eigenvalue weighted by Gasteiger charge is 2.54. The van der Waals surface area contributed by atoms with E-state index in [1.807, 2.05) is 78.6 Å². The maximum atomic E-state index is 13.3. The lowest BCUT2D eigenvalue weighted by Crippen LogP contribution is -2.67. The first-order valence-corrected chi connectivity index (χ1v) is 30.6. The van der Waals surface area contributed by atoms with E-state index in [0.29, 0.717) is 5.56 Å². The van der Waals surface area contributed by atoms with E-state index in [4.69, 9.17) is 55.1 Å². The van der Waals surface area contributed by atoms with Gasteiger partial charge < -0.3 is 37.2 Å². The van der Waals surface area contributed by atoms with Crippen molar-refractivity contribution in [1.82, 2.24) is 5.32 Å². The van der Waals surface area contributed by atoms with Gasteiger partial charge in [-0.15, -0.1) is 0 Å². The Morgan fingerprint density at radius 1 is 0.837 bits per heavy atom. The number of benzene rings is 1. The fourth-order valence-electron chi connectivity index (χ4n) is 5.06. The SMILES string of the molecule is COC(=O)[C@@H]1O[C@@H](OCC(NC(=O)C(Cl)Cl)C(O[Si](C)(C)C)c2ccc([N+](=O)[O-])cc2)[C@@H](O[Si](C)(C)C)[C@H](O[Si](C)(C)C)[C@H]1O[Si](C)(C)C. The predicted octanol–water partition coefficient (Wildman–Crippen LogP) is 6.35. The number of amides is 1. The van der Waals surface area contributed by atoms with Crippen LogP contribution < -0.4 is 5.32 Å². The molecule has 19 heteroatoms. The van der Waals surface area contributed by atoms with Crippen molar-refractivity contribution in [3.8, 4) is 0 Å². The monoisotopic (exact) mass is 800 g/mol. The number of nitro benzene ring substituents is 1. The van der Waals surface area contributed by atoms with Crippen molar-refractivity contribution in [2.24, 2.45) is 0 Å². The lowest BCUT2D eigenvalue weighted by molar-refractivity contribution is -0.384. The number of hydrogen-bond donors (Lipinski definition) is 1. The molecular formula is C30H54Cl2N2O11Si4. The normalized spacial score (nSPS) is 23.6. The number of alkyl halides is 2. The number of carbonyl (C=O) groups excluding carboxylic acids is 2. The smallest absolute Gasteiger partial charge is 0.337 e. The second-order valence-corrected chi connectivity index (χ2v) is 34.7. The second-order valence-electron chi connectivity index (χ2n) is 15.8. The highest BCUT2D eigenvalue weighted by Crippen LogP contribution is 2.36. The fraction of sp³-hybridized carbons (Fsp3) is 0.733. The van der Waals surface area contributed by atoms with E-state index in [1.165, 1.54) is 19.2 Å². The number of ether oxygens (including phenoxy) is 3. The number of hydrogen-bond acceptors (Lipinski definition) is 11. The zero-order chi connectivity index (χ0) is 37.7. The zero-order valence-corrected chi connectivity index (χ0v) is 36.3. The van der Waals surface area contributed by atoms with Crippen molar-refractivity contribution >= 4 is 74.0 Å². The molecule has 1 aromatic rings. The number of nitro groups is 1. The summed E-state index contributed by atoms with van der Waals surface area (Å²) in [5, 5.41) is 14.2. The minimum Gasteiger partial charge on any atom is -0.467 e. The van der Waals surface area contributed by atoms with E-state index in [-0.39, 0.29) is 12.3 Å². The summed E-state index contributed by atoms with van der Waals surface area (Å²) < 4.78 is 44.7. The number of rotatable bonds is 17. The predicted molar refractivity (Wildman–Crippen MR) is 199 cm³/mol. The van der Waals surface area contributed by atoms with Crippen LogP contribution in [0.4, 0.5) is 5.69 Å². The van der Waals surface area contributed by atoms with E-state index in [0.717, 1.165) is 0 Å². The van der Waals surface area contributed by atoms with Crippen LogP contribution in [0.25, 0.3) is 0 Å². The first-order valence-electron chi connectivity index (χ1n) is 16.1. The summed E-state index contributed by atoms with van der Waals surface area (Å²) in [5.41, 5.74) is 0.450. The number of non-ortho nitro benzene ring substituents is 1. The molecule has 1 fully saturated rings. The number of esters is 1. The molecule has 2 rings (SSSR count). The second kappa shape index (κ2) is 17.5. The standard InChI is InChI=1S/C30H54Cl2N2O11Si4/c1-39-29(36)25-23(43-47(5,6)7)24(44-48(8,9)10)26(45-49(11,12)13)30(41-25)40-18-21(33-28(35)27(31)32)22(42-46(2,3)4)19-14-16-20(17-15-19)34(37)38/h14-17,21-27,30H,18H2,1-13H3,(H,33,35)/t21?,22?,23-,24-,25-,26+,30-/m1/s1. The maximum Gasteiger partial charge on any atom is 0.337 e. The molecule has 1 saturated heterocycles. The Hall–Kier alpha value is -1.23. The lowest BCUT2D eigenvalue weighted by atomic mass is 9.98. The van der Waals surface area contributed by atoms with Crippen LogP contribution in [0, 0.1) is 10.1 Å². The van der Waals surface area contributed by atoms with Gasteiger partial charge in [-0.1, -0.05) is 23.2 Å². The number of nitrogens with one attached hydrogen (secondary N) is 1. The van der Waals surface area contributed by atoms with Gasteiger partial charge in [0.2, 0.25) is 0 Å². The Kier molecular flexibility index (Phi) is 15.7. The van der Waals surface area contributed by atoms with Crippen molar-refractivity contribution in [3.05, 3.63) is 39.9 Å². The topological polar surface area (TPSA) is 154 Å². The lowest BCUT2D eigenvalue weighted by Gasteiger charge is -2.50. The summed E-state index contributed by atoms with van der Waals surface area (Å²) in [4.78, 5) is 35.7. The molecule has 0 aliphatic carbocycles. The third kappa shape index (κ3) is 14.7. The van der Waals surface area contributed by atoms with E-state index in [1.54, 1.807) is 12.1 Å². The molecule has 1 amide bonds. The van der Waals surface area contributed by atoms with Gasteiger partial charge in [0.05, 0.1) is 30.8 Å². The fourth-order valence-corrected chi connectivity index (χ4v) is 9.47. The summed E-state index contributed by atoms with van der Waals surface area (Å²) >= 11 is 11.9. The van der Waals surface area contributed by atoms with Crippen molar-refractivity contribution in [3.63, 3.8) is 0 Å². The molecule has 0 radical (unpaired) electrons. The molecule has 2 unspecified atom stereocenters. The minimum absolute atomic E-state index is 0.103. The number of methoxy groups -OCH3 is 1. The Morgan fingerprint density at radius 3 is 1.76 bits per heavy atom. The van der Waals surface area contributed by atoms with Crippen LogP contribution in [0.15, 0.2) is 24.3 Å². The molecule has 0 spiro atoms. The quantitative estimate of drug-likeness (QED) is 0.0617. The highest BCUT2D eigenvalue weighted by atomic mass is 35.5. The van der Waals surface area contributed by atoms with Gasteiger partial charge in [0.1, 0.15) is 18.3 Å². The summed E-state index contributed by atoms with van der Waals surface area (Å²) in [6.07, 6.45) is -5.67. The number of carbonyl (C=O) groups is 2. The number of nitrogens with zero attached hydrogens (tertiary/aromatic N) is 1. The first kappa shape index (κ1) is 43.9. The molecule has 49 heavy (non-hydrogen) atoms. The molecule has 0 saturated carbocycles. The molecule has 13 nitrogen and oxygen atoms in total. The van der Waals surface area contributed by atoms with E-state index in [2.05, 4.69) is 5.32 Å².